The molecule has 1 aromatic carbocycles. The van der Waals surface area contributed by atoms with Gasteiger partial charge in [-0.1, -0.05) is 23.7 Å². The minimum Gasteiger partial charge on any atom is -0.411 e. The van der Waals surface area contributed by atoms with Crippen molar-refractivity contribution >= 4 is 17.2 Å². The first-order chi connectivity index (χ1) is 9.72. The number of aryl methyl sites for hydroxylation is 1. The first-order valence-corrected chi connectivity index (χ1v) is 7.00. The number of benzene rings is 1. The van der Waals surface area contributed by atoms with Crippen LogP contribution in [0.1, 0.15) is 25.1 Å². The zero-order chi connectivity index (χ0) is 14.4. The average molecular weight is 274 g/mol. The van der Waals surface area contributed by atoms with Crippen molar-refractivity contribution in [3.63, 3.8) is 0 Å². The van der Waals surface area contributed by atoms with E-state index >= 15 is 0 Å². The van der Waals surface area contributed by atoms with Crippen molar-refractivity contribution in [3.05, 3.63) is 30.1 Å². The predicted molar refractivity (Wildman–Crippen MR) is 81.5 cm³/mol. The molecule has 0 saturated heterocycles. The van der Waals surface area contributed by atoms with Crippen LogP contribution in [-0.4, -0.2) is 46.5 Å². The number of fused-ring (bicyclic) bond motifs is 1. The second-order valence-corrected chi connectivity index (χ2v) is 5.22. The van der Waals surface area contributed by atoms with E-state index < -0.39 is 0 Å². The summed E-state index contributed by atoms with van der Waals surface area (Å²) in [6.07, 6.45) is 4.88. The van der Waals surface area contributed by atoms with Crippen molar-refractivity contribution in [2.45, 2.75) is 25.8 Å². The zero-order valence-corrected chi connectivity index (χ0v) is 12.2. The van der Waals surface area contributed by atoms with Gasteiger partial charge in [-0.25, -0.2) is 4.98 Å². The molecule has 0 unspecified atom stereocenters. The monoisotopic (exact) mass is 274 g/mol. The highest BCUT2D eigenvalue weighted by molar-refractivity contribution is 5.84. The van der Waals surface area contributed by atoms with Crippen LogP contribution in [0.2, 0.25) is 0 Å². The molecule has 0 saturated carbocycles. The summed E-state index contributed by atoms with van der Waals surface area (Å²) >= 11 is 0. The molecule has 2 rings (SSSR count). The highest BCUT2D eigenvalue weighted by atomic mass is 16.4. The lowest BCUT2D eigenvalue weighted by molar-refractivity contribution is 0.321. The molecule has 20 heavy (non-hydrogen) atoms. The third kappa shape index (κ3) is 3.57. The summed E-state index contributed by atoms with van der Waals surface area (Å²) in [4.78, 5) is 6.68. The largest absolute Gasteiger partial charge is 0.411 e. The summed E-state index contributed by atoms with van der Waals surface area (Å²) < 4.78 is 2.12. The predicted octanol–water partition coefficient (Wildman–Crippen LogP) is 2.58. The van der Waals surface area contributed by atoms with Gasteiger partial charge in [-0.15, -0.1) is 0 Å². The Kier molecular flexibility index (Phi) is 5.12. The summed E-state index contributed by atoms with van der Waals surface area (Å²) in [5.41, 5.74) is 2.03. The van der Waals surface area contributed by atoms with Crippen LogP contribution in [0.15, 0.2) is 29.4 Å². The Morgan fingerprint density at radius 1 is 1.25 bits per heavy atom. The summed E-state index contributed by atoms with van der Waals surface area (Å²) in [6.45, 7) is 2.02. The summed E-state index contributed by atoms with van der Waals surface area (Å²) in [5, 5.41) is 11.9. The van der Waals surface area contributed by atoms with Crippen LogP contribution in [0, 0.1) is 0 Å². The lowest BCUT2D eigenvalue weighted by Crippen LogP contribution is -2.13. The molecule has 5 nitrogen and oxygen atoms in total. The fourth-order valence-electron chi connectivity index (χ4n) is 2.35. The van der Waals surface area contributed by atoms with E-state index in [1.807, 2.05) is 18.2 Å². The Hall–Kier alpha value is -1.88. The number of unbranched alkanes of at least 4 members (excludes halogenated alkanes) is 2. The van der Waals surface area contributed by atoms with Gasteiger partial charge in [-0.2, -0.15) is 0 Å². The van der Waals surface area contributed by atoms with Crippen molar-refractivity contribution < 1.29 is 5.21 Å². The second-order valence-electron chi connectivity index (χ2n) is 5.22. The van der Waals surface area contributed by atoms with E-state index in [-0.39, 0.29) is 0 Å². The quantitative estimate of drug-likeness (QED) is 0.365. The topological polar surface area (TPSA) is 53.7 Å². The Balaban J connectivity index is 2.05. The lowest BCUT2D eigenvalue weighted by Gasteiger charge is -2.10. The molecular weight excluding hydrogens is 252 g/mol. The smallest absolute Gasteiger partial charge is 0.155 e. The van der Waals surface area contributed by atoms with E-state index in [1.54, 1.807) is 0 Å². The van der Waals surface area contributed by atoms with Crippen LogP contribution in [0.4, 0.5) is 0 Å². The van der Waals surface area contributed by atoms with Crippen molar-refractivity contribution in [1.82, 2.24) is 14.5 Å². The second kappa shape index (κ2) is 7.05. The number of rotatable bonds is 7. The first kappa shape index (κ1) is 14.5. The minimum absolute atomic E-state index is 0.710. The summed E-state index contributed by atoms with van der Waals surface area (Å²) in [5.74, 6) is 0.710. The number of aromatic nitrogens is 2. The Labute approximate surface area is 119 Å². The third-order valence-electron chi connectivity index (χ3n) is 3.34. The Morgan fingerprint density at radius 2 is 2.05 bits per heavy atom. The number of oxime groups is 1. The molecule has 1 heterocycles. The van der Waals surface area contributed by atoms with Gasteiger partial charge in [0.25, 0.3) is 0 Å². The molecule has 5 heteroatoms. The number of para-hydroxylation sites is 2. The molecule has 0 radical (unpaired) electrons. The van der Waals surface area contributed by atoms with Gasteiger partial charge in [0, 0.05) is 6.54 Å². The molecular formula is C15H22N4O. The van der Waals surface area contributed by atoms with Gasteiger partial charge in [0.05, 0.1) is 11.0 Å². The van der Waals surface area contributed by atoms with Gasteiger partial charge >= 0.3 is 0 Å². The Morgan fingerprint density at radius 3 is 2.80 bits per heavy atom. The zero-order valence-electron chi connectivity index (χ0n) is 12.2. The van der Waals surface area contributed by atoms with E-state index in [4.69, 9.17) is 5.21 Å². The van der Waals surface area contributed by atoms with Crippen molar-refractivity contribution in [3.8, 4) is 0 Å². The van der Waals surface area contributed by atoms with Gasteiger partial charge in [-0.3, -0.25) is 0 Å². The van der Waals surface area contributed by atoms with Crippen LogP contribution < -0.4 is 0 Å². The van der Waals surface area contributed by atoms with E-state index in [9.17, 15) is 0 Å². The van der Waals surface area contributed by atoms with Crippen molar-refractivity contribution in [2.75, 3.05) is 20.6 Å². The van der Waals surface area contributed by atoms with Crippen molar-refractivity contribution in [2.24, 2.45) is 5.16 Å². The van der Waals surface area contributed by atoms with Crippen LogP contribution in [-0.2, 0) is 6.54 Å². The van der Waals surface area contributed by atoms with E-state index in [0.29, 0.717) is 5.82 Å². The SMILES string of the molecule is CN(C)CCCCCn1c(/C=N\O)nc2ccccc21. The van der Waals surface area contributed by atoms with E-state index in [2.05, 4.69) is 39.8 Å². The molecule has 0 aliphatic rings. The molecule has 0 aliphatic heterocycles. The molecule has 0 aliphatic carbocycles. The van der Waals surface area contributed by atoms with E-state index in [1.165, 1.54) is 19.1 Å². The molecule has 0 fully saturated rings. The normalized spacial score (nSPS) is 11.9. The van der Waals surface area contributed by atoms with Crippen molar-refractivity contribution in [1.29, 1.82) is 0 Å². The molecule has 108 valence electrons. The van der Waals surface area contributed by atoms with Gasteiger partial charge < -0.3 is 14.7 Å². The fraction of sp³-hybridized carbons (Fsp3) is 0.467. The molecule has 1 aromatic heterocycles. The lowest BCUT2D eigenvalue weighted by atomic mass is 10.2. The maximum Gasteiger partial charge on any atom is 0.155 e. The minimum atomic E-state index is 0.710. The number of nitrogens with zero attached hydrogens (tertiary/aromatic N) is 4. The van der Waals surface area contributed by atoms with Gasteiger partial charge in [0.1, 0.15) is 6.21 Å². The summed E-state index contributed by atoms with van der Waals surface area (Å²) in [7, 11) is 4.19. The first-order valence-electron chi connectivity index (χ1n) is 7.00. The number of imidazole rings is 1. The third-order valence-corrected chi connectivity index (χ3v) is 3.34. The fourth-order valence-corrected chi connectivity index (χ4v) is 2.35. The highest BCUT2D eigenvalue weighted by Crippen LogP contribution is 2.16. The standard InChI is InChI=1S/C15H22N4O/c1-18(2)10-6-3-7-11-19-14-9-5-4-8-13(14)17-15(19)12-16-20/h4-5,8-9,12,20H,3,6-7,10-11H2,1-2H3/b16-12-. The molecule has 0 atom stereocenters. The highest BCUT2D eigenvalue weighted by Gasteiger charge is 2.08. The molecule has 0 amide bonds. The van der Waals surface area contributed by atoms with Crippen LogP contribution in [0.25, 0.3) is 11.0 Å². The molecule has 1 N–H and O–H groups in total. The maximum absolute atomic E-state index is 8.75. The van der Waals surface area contributed by atoms with Crippen LogP contribution in [0.3, 0.4) is 0 Å². The molecule has 2 aromatic rings. The molecule has 0 spiro atoms. The van der Waals surface area contributed by atoms with E-state index in [0.717, 1.165) is 30.5 Å². The molecule has 0 bridgehead atoms. The van der Waals surface area contributed by atoms with Crippen LogP contribution in [0.5, 0.6) is 0 Å². The number of hydrogen-bond acceptors (Lipinski definition) is 4. The average Bonchev–Trinajstić information content (AvgIpc) is 2.76. The van der Waals surface area contributed by atoms with Crippen LogP contribution >= 0.6 is 0 Å². The van der Waals surface area contributed by atoms with Gasteiger partial charge in [0.15, 0.2) is 5.82 Å². The number of hydrogen-bond donors (Lipinski definition) is 1. The van der Waals surface area contributed by atoms with Gasteiger partial charge in [-0.05, 0) is 45.6 Å². The summed E-state index contributed by atoms with van der Waals surface area (Å²) in [6, 6.07) is 8.01. The van der Waals surface area contributed by atoms with Gasteiger partial charge in [0.2, 0.25) is 0 Å². The Bertz CT molecular complexity index is 574. The maximum atomic E-state index is 8.75.